The Morgan fingerprint density at radius 2 is 2.03 bits per heavy atom. The molecule has 2 aromatic carbocycles. The fourth-order valence-corrected chi connectivity index (χ4v) is 3.82. The van der Waals surface area contributed by atoms with E-state index in [2.05, 4.69) is 15.3 Å². The molecule has 0 saturated carbocycles. The maximum atomic E-state index is 12.8. The highest BCUT2D eigenvalue weighted by Crippen LogP contribution is 2.32. The van der Waals surface area contributed by atoms with Crippen molar-refractivity contribution in [2.75, 3.05) is 24.3 Å². The summed E-state index contributed by atoms with van der Waals surface area (Å²) >= 11 is 1.30. The number of nitro groups is 1. The Morgan fingerprint density at radius 3 is 2.79 bits per heavy atom. The van der Waals surface area contributed by atoms with Crippen molar-refractivity contribution in [3.05, 3.63) is 69.7 Å². The van der Waals surface area contributed by atoms with Crippen LogP contribution in [0.2, 0.25) is 0 Å². The molecule has 4 rings (SSSR count). The third-order valence-electron chi connectivity index (χ3n) is 4.51. The van der Waals surface area contributed by atoms with E-state index in [-0.39, 0.29) is 11.3 Å². The molecule has 0 radical (unpaired) electrons. The highest BCUT2D eigenvalue weighted by molar-refractivity contribution is 7.14. The third-order valence-corrected chi connectivity index (χ3v) is 5.26. The summed E-state index contributed by atoms with van der Waals surface area (Å²) in [7, 11) is 3.55. The zero-order valence-corrected chi connectivity index (χ0v) is 16.5. The predicted octanol–water partition coefficient (Wildman–Crippen LogP) is 4.52. The van der Waals surface area contributed by atoms with Crippen molar-refractivity contribution in [3.63, 3.8) is 0 Å². The molecule has 0 bridgehead atoms. The van der Waals surface area contributed by atoms with Gasteiger partial charge in [0, 0.05) is 60.0 Å². The van der Waals surface area contributed by atoms with Gasteiger partial charge in [0.2, 0.25) is 0 Å². The van der Waals surface area contributed by atoms with E-state index in [1.54, 1.807) is 25.1 Å². The second kappa shape index (κ2) is 7.36. The first-order valence-electron chi connectivity index (χ1n) is 8.73. The largest absolute Gasteiger partial charge is 0.377 e. The van der Waals surface area contributed by atoms with E-state index in [4.69, 9.17) is 0 Å². The minimum Gasteiger partial charge on any atom is -0.377 e. The van der Waals surface area contributed by atoms with Gasteiger partial charge in [-0.3, -0.25) is 20.2 Å². The summed E-state index contributed by atoms with van der Waals surface area (Å²) in [6, 6.07) is 12.1. The normalized spacial score (nSPS) is 10.8. The lowest BCUT2D eigenvalue weighted by Gasteiger charge is -2.16. The van der Waals surface area contributed by atoms with Crippen LogP contribution in [0.25, 0.3) is 22.2 Å². The van der Waals surface area contributed by atoms with Crippen LogP contribution >= 0.6 is 11.3 Å². The van der Waals surface area contributed by atoms with Gasteiger partial charge in [-0.1, -0.05) is 18.2 Å². The average Bonchev–Trinajstić information content (AvgIpc) is 3.33. The second-order valence-corrected chi connectivity index (χ2v) is 7.45. The lowest BCUT2D eigenvalue weighted by molar-refractivity contribution is -0.384. The molecule has 0 fully saturated rings. The summed E-state index contributed by atoms with van der Waals surface area (Å²) in [6.07, 6.45) is 1.88. The van der Waals surface area contributed by atoms with Gasteiger partial charge in [0.25, 0.3) is 11.6 Å². The summed E-state index contributed by atoms with van der Waals surface area (Å²) in [6.45, 7) is 0. The molecule has 146 valence electrons. The van der Waals surface area contributed by atoms with Crippen LogP contribution in [0, 0.1) is 10.1 Å². The van der Waals surface area contributed by atoms with Crippen LogP contribution in [0.15, 0.2) is 54.0 Å². The minimum absolute atomic E-state index is 0.139. The Labute approximate surface area is 170 Å². The zero-order chi connectivity index (χ0) is 20.5. The first kappa shape index (κ1) is 18.6. The van der Waals surface area contributed by atoms with Crippen molar-refractivity contribution in [2.24, 2.45) is 0 Å². The molecule has 2 N–H and O–H groups in total. The van der Waals surface area contributed by atoms with E-state index in [0.29, 0.717) is 10.8 Å². The number of anilines is 2. The minimum atomic E-state index is -0.519. The van der Waals surface area contributed by atoms with E-state index in [9.17, 15) is 14.9 Å². The fraction of sp³-hybridized carbons (Fsp3) is 0.100. The first-order chi connectivity index (χ1) is 13.9. The highest BCUT2D eigenvalue weighted by atomic mass is 32.1. The Morgan fingerprint density at radius 1 is 1.24 bits per heavy atom. The van der Waals surface area contributed by atoms with Crippen LogP contribution in [-0.4, -0.2) is 34.9 Å². The maximum absolute atomic E-state index is 12.8. The van der Waals surface area contributed by atoms with E-state index >= 15 is 0 Å². The Hall–Kier alpha value is -3.72. The number of nitro benzene ring substituents is 1. The summed E-state index contributed by atoms with van der Waals surface area (Å²) < 4.78 is 0. The van der Waals surface area contributed by atoms with Crippen molar-refractivity contribution in [1.82, 2.24) is 9.97 Å². The number of aromatic nitrogens is 2. The van der Waals surface area contributed by atoms with Gasteiger partial charge in [0.1, 0.15) is 0 Å². The lowest BCUT2D eigenvalue weighted by Crippen LogP contribution is -2.18. The second-order valence-electron chi connectivity index (χ2n) is 6.59. The molecule has 0 aliphatic heterocycles. The number of aromatic amines is 1. The molecule has 1 amide bonds. The average molecular weight is 407 g/mol. The molecule has 2 heterocycles. The number of nitrogens with one attached hydrogen (secondary N) is 2. The maximum Gasteiger partial charge on any atom is 0.270 e. The zero-order valence-electron chi connectivity index (χ0n) is 15.7. The molecule has 0 atom stereocenters. The molecule has 0 unspecified atom stereocenters. The summed E-state index contributed by atoms with van der Waals surface area (Å²) in [5.74, 6) is -0.447. The quantitative estimate of drug-likeness (QED) is 0.374. The number of carbonyl (C=O) groups is 1. The molecule has 29 heavy (non-hydrogen) atoms. The van der Waals surface area contributed by atoms with Crippen LogP contribution in [0.4, 0.5) is 16.5 Å². The molecule has 4 aromatic rings. The monoisotopic (exact) mass is 407 g/mol. The number of carbonyl (C=O) groups excluding carboxylic acids is 1. The van der Waals surface area contributed by atoms with Gasteiger partial charge in [-0.05, 0) is 12.1 Å². The Kier molecular flexibility index (Phi) is 4.73. The number of H-pyrrole nitrogens is 1. The smallest absolute Gasteiger partial charge is 0.270 e. The molecule has 0 aliphatic rings. The third kappa shape index (κ3) is 3.55. The van der Waals surface area contributed by atoms with Crippen molar-refractivity contribution < 1.29 is 9.72 Å². The van der Waals surface area contributed by atoms with Crippen molar-refractivity contribution in [2.45, 2.75) is 0 Å². The Balaban J connectivity index is 1.63. The van der Waals surface area contributed by atoms with Gasteiger partial charge in [-0.15, -0.1) is 11.3 Å². The van der Waals surface area contributed by atoms with Crippen molar-refractivity contribution >= 4 is 44.7 Å². The number of nitrogens with zero attached hydrogens (tertiary/aromatic N) is 3. The summed E-state index contributed by atoms with van der Waals surface area (Å²) in [5, 5.41) is 17.2. The first-order valence-corrected chi connectivity index (χ1v) is 9.61. The number of rotatable bonds is 5. The van der Waals surface area contributed by atoms with Gasteiger partial charge >= 0.3 is 0 Å². The molecule has 2 aromatic heterocycles. The van der Waals surface area contributed by atoms with Crippen LogP contribution in [0.5, 0.6) is 0 Å². The van der Waals surface area contributed by atoms with Gasteiger partial charge in [-0.25, -0.2) is 4.98 Å². The lowest BCUT2D eigenvalue weighted by atomic mass is 10.1. The molecular weight excluding hydrogens is 390 g/mol. The van der Waals surface area contributed by atoms with Crippen LogP contribution in [-0.2, 0) is 0 Å². The van der Waals surface area contributed by atoms with Crippen LogP contribution in [0.1, 0.15) is 10.4 Å². The summed E-state index contributed by atoms with van der Waals surface area (Å²) in [5.41, 5.74) is 3.36. The predicted molar refractivity (Wildman–Crippen MR) is 115 cm³/mol. The van der Waals surface area contributed by atoms with Gasteiger partial charge in [0.15, 0.2) is 5.13 Å². The van der Waals surface area contributed by atoms with Gasteiger partial charge in [-0.2, -0.15) is 0 Å². The number of hydrogen-bond acceptors (Lipinski definition) is 6. The van der Waals surface area contributed by atoms with E-state index in [0.717, 1.165) is 22.2 Å². The molecule has 0 spiro atoms. The van der Waals surface area contributed by atoms with E-state index < -0.39 is 10.8 Å². The fourth-order valence-electron chi connectivity index (χ4n) is 3.11. The molecule has 9 heteroatoms. The van der Waals surface area contributed by atoms with Crippen LogP contribution in [0.3, 0.4) is 0 Å². The number of para-hydroxylation sites is 1. The topological polar surface area (TPSA) is 104 Å². The molecule has 8 nitrogen and oxygen atoms in total. The highest BCUT2D eigenvalue weighted by Gasteiger charge is 2.19. The standard InChI is InChI=1S/C20H17N5O3S/c1-24(2)18-8-7-12(25(27)28)9-14(18)19(26)23-20-22-17(11-29-20)15-10-21-16-6-4-3-5-13(15)16/h3-11,21H,1-2H3,(H,22,23,26). The van der Waals surface area contributed by atoms with Crippen molar-refractivity contribution in [1.29, 1.82) is 0 Å². The Bertz CT molecular complexity index is 1230. The van der Waals surface area contributed by atoms with Crippen molar-refractivity contribution in [3.8, 4) is 11.3 Å². The molecule has 0 aliphatic carbocycles. The van der Waals surface area contributed by atoms with Gasteiger partial charge < -0.3 is 9.88 Å². The number of benzene rings is 2. The van der Waals surface area contributed by atoms with Crippen LogP contribution < -0.4 is 10.2 Å². The number of fused-ring (bicyclic) bond motifs is 1. The molecular formula is C20H17N5O3S. The number of amides is 1. The molecule has 0 saturated heterocycles. The SMILES string of the molecule is CN(C)c1ccc([N+](=O)[O-])cc1C(=O)Nc1nc(-c2c[nH]c3ccccc23)cs1. The summed E-state index contributed by atoms with van der Waals surface area (Å²) in [4.78, 5) is 32.9. The number of thiazole rings is 1. The van der Waals surface area contributed by atoms with E-state index in [1.165, 1.54) is 23.5 Å². The van der Waals surface area contributed by atoms with Gasteiger partial charge in [0.05, 0.1) is 16.2 Å². The van der Waals surface area contributed by atoms with E-state index in [1.807, 2.05) is 35.8 Å². The number of non-ortho nitro benzene ring substituents is 1. The number of hydrogen-bond donors (Lipinski definition) is 2.